The summed E-state index contributed by atoms with van der Waals surface area (Å²) in [6.45, 7) is 5.18. The Morgan fingerprint density at radius 3 is 2.61 bits per heavy atom. The summed E-state index contributed by atoms with van der Waals surface area (Å²) in [5, 5.41) is 14.7. The number of rotatable bonds is 7. The summed E-state index contributed by atoms with van der Waals surface area (Å²) in [4.78, 5) is 15.5. The van der Waals surface area contributed by atoms with Gasteiger partial charge in [0.1, 0.15) is 16.4 Å². The molecule has 0 spiro atoms. The molecule has 1 amide bonds. The molecule has 1 aromatic heterocycles. The normalized spacial score (nSPS) is 11.6. The lowest BCUT2D eigenvalue weighted by Crippen LogP contribution is -2.29. The molecule has 0 fully saturated rings. The summed E-state index contributed by atoms with van der Waals surface area (Å²) < 4.78 is 34.1. The standard InChI is InChI=1S/C21H22N4O5S/c1-4-30-17-8-6-16(7-9-17)22-13-18-14(2)21(25-11-5-10-23-25)20(12-19(18)27)31(28,29)24-15(3)26/h5-13,27H,4H2,1-3H3,(H,24,26). The third-order valence-corrected chi connectivity index (χ3v) is 5.77. The second-order valence-corrected chi connectivity index (χ2v) is 8.23. The van der Waals surface area contributed by atoms with Gasteiger partial charge in [-0.2, -0.15) is 5.10 Å². The van der Waals surface area contributed by atoms with Gasteiger partial charge in [0.25, 0.3) is 10.0 Å². The van der Waals surface area contributed by atoms with Gasteiger partial charge in [-0.1, -0.05) is 0 Å². The number of sulfonamides is 1. The third kappa shape index (κ3) is 4.92. The molecule has 162 valence electrons. The van der Waals surface area contributed by atoms with Gasteiger partial charge in [0.2, 0.25) is 5.91 Å². The average molecular weight is 442 g/mol. The minimum atomic E-state index is -4.23. The molecule has 10 heteroatoms. The summed E-state index contributed by atoms with van der Waals surface area (Å²) in [6.07, 6.45) is 4.51. The molecule has 0 aliphatic heterocycles. The molecule has 0 radical (unpaired) electrons. The fourth-order valence-corrected chi connectivity index (χ4v) is 4.26. The van der Waals surface area contributed by atoms with Crippen LogP contribution in [0.4, 0.5) is 5.69 Å². The number of nitrogens with one attached hydrogen (secondary N) is 1. The second-order valence-electron chi connectivity index (χ2n) is 6.58. The molecular formula is C21H22N4O5S. The van der Waals surface area contributed by atoms with Crippen LogP contribution in [0.2, 0.25) is 0 Å². The second kappa shape index (κ2) is 9.00. The fraction of sp³-hybridized carbons (Fsp3) is 0.190. The first kappa shape index (κ1) is 22.0. The number of phenols is 1. The van der Waals surface area contributed by atoms with E-state index in [-0.39, 0.29) is 16.3 Å². The molecule has 9 nitrogen and oxygen atoms in total. The Kier molecular flexibility index (Phi) is 6.40. The Hall–Kier alpha value is -3.66. The van der Waals surface area contributed by atoms with Gasteiger partial charge >= 0.3 is 0 Å². The van der Waals surface area contributed by atoms with Gasteiger partial charge in [-0.15, -0.1) is 0 Å². The lowest BCUT2D eigenvalue weighted by molar-refractivity contribution is -0.117. The summed E-state index contributed by atoms with van der Waals surface area (Å²) in [7, 11) is -4.23. The van der Waals surface area contributed by atoms with E-state index in [2.05, 4.69) is 10.1 Å². The Morgan fingerprint density at radius 1 is 1.32 bits per heavy atom. The van der Waals surface area contributed by atoms with Crippen LogP contribution in [0, 0.1) is 6.92 Å². The molecule has 0 saturated heterocycles. The molecule has 0 aliphatic rings. The van der Waals surface area contributed by atoms with E-state index in [1.807, 2.05) is 11.6 Å². The zero-order valence-electron chi connectivity index (χ0n) is 17.2. The van der Waals surface area contributed by atoms with Crippen molar-refractivity contribution in [3.05, 3.63) is 59.9 Å². The van der Waals surface area contributed by atoms with Gasteiger partial charge < -0.3 is 9.84 Å². The summed E-state index contributed by atoms with van der Waals surface area (Å²) in [5.41, 5.74) is 1.56. The van der Waals surface area contributed by atoms with E-state index in [4.69, 9.17) is 4.74 Å². The summed E-state index contributed by atoms with van der Waals surface area (Å²) in [6, 6.07) is 9.79. The highest BCUT2D eigenvalue weighted by Gasteiger charge is 2.26. The van der Waals surface area contributed by atoms with Crippen molar-refractivity contribution in [3.63, 3.8) is 0 Å². The minimum Gasteiger partial charge on any atom is -0.507 e. The van der Waals surface area contributed by atoms with Crippen molar-refractivity contribution in [2.75, 3.05) is 6.61 Å². The number of carbonyl (C=O) groups excluding carboxylic acids is 1. The number of nitrogens with zero attached hydrogens (tertiary/aromatic N) is 3. The quantitative estimate of drug-likeness (QED) is 0.543. The van der Waals surface area contributed by atoms with E-state index < -0.39 is 15.9 Å². The predicted octanol–water partition coefficient (Wildman–Crippen LogP) is 2.86. The zero-order valence-corrected chi connectivity index (χ0v) is 18.0. The monoisotopic (exact) mass is 442 g/mol. The van der Waals surface area contributed by atoms with E-state index in [0.29, 0.717) is 29.2 Å². The van der Waals surface area contributed by atoms with Crippen molar-refractivity contribution in [2.45, 2.75) is 25.7 Å². The number of aromatic hydroxyl groups is 1. The van der Waals surface area contributed by atoms with Crippen LogP contribution in [0.15, 0.2) is 58.7 Å². The number of benzene rings is 2. The molecule has 0 unspecified atom stereocenters. The van der Waals surface area contributed by atoms with Crippen molar-refractivity contribution in [1.29, 1.82) is 0 Å². The van der Waals surface area contributed by atoms with Crippen molar-refractivity contribution in [2.24, 2.45) is 4.99 Å². The average Bonchev–Trinajstić information content (AvgIpc) is 3.22. The number of amides is 1. The van der Waals surface area contributed by atoms with Crippen molar-refractivity contribution in [3.8, 4) is 17.2 Å². The molecule has 2 N–H and O–H groups in total. The first-order valence-corrected chi connectivity index (χ1v) is 10.9. The SMILES string of the molecule is CCOc1ccc(N=Cc2c(O)cc(S(=O)(=O)NC(C)=O)c(-n3cccn3)c2C)cc1. The van der Waals surface area contributed by atoms with E-state index in [0.717, 1.165) is 13.0 Å². The highest BCUT2D eigenvalue weighted by Crippen LogP contribution is 2.32. The van der Waals surface area contributed by atoms with Crippen LogP contribution in [0.25, 0.3) is 5.69 Å². The maximum absolute atomic E-state index is 12.7. The van der Waals surface area contributed by atoms with Crippen LogP contribution < -0.4 is 9.46 Å². The molecule has 0 atom stereocenters. The number of ether oxygens (including phenoxy) is 1. The van der Waals surface area contributed by atoms with Gasteiger partial charge in [-0.3, -0.25) is 9.79 Å². The number of aromatic nitrogens is 2. The summed E-state index contributed by atoms with van der Waals surface area (Å²) in [5.74, 6) is -0.328. The molecule has 0 bridgehead atoms. The largest absolute Gasteiger partial charge is 0.507 e. The van der Waals surface area contributed by atoms with E-state index in [1.54, 1.807) is 43.5 Å². The molecular weight excluding hydrogens is 420 g/mol. The van der Waals surface area contributed by atoms with Crippen LogP contribution >= 0.6 is 0 Å². The topological polar surface area (TPSA) is 123 Å². The highest BCUT2D eigenvalue weighted by atomic mass is 32.2. The minimum absolute atomic E-state index is 0.199. The van der Waals surface area contributed by atoms with Gasteiger partial charge in [-0.05, 0) is 49.7 Å². The number of hydrogen-bond donors (Lipinski definition) is 2. The van der Waals surface area contributed by atoms with Gasteiger partial charge in [-0.25, -0.2) is 17.8 Å². The van der Waals surface area contributed by atoms with Crippen LogP contribution in [-0.4, -0.2) is 42.0 Å². The van der Waals surface area contributed by atoms with E-state index in [1.165, 1.54) is 17.1 Å². The molecule has 2 aromatic carbocycles. The Labute approximate surface area is 180 Å². The van der Waals surface area contributed by atoms with Gasteiger partial charge in [0, 0.05) is 37.2 Å². The number of carbonyl (C=O) groups is 1. The van der Waals surface area contributed by atoms with Crippen LogP contribution in [0.1, 0.15) is 25.0 Å². The molecule has 1 heterocycles. The maximum atomic E-state index is 12.7. The summed E-state index contributed by atoms with van der Waals surface area (Å²) >= 11 is 0. The van der Waals surface area contributed by atoms with Crippen LogP contribution in [0.5, 0.6) is 11.5 Å². The third-order valence-electron chi connectivity index (χ3n) is 4.33. The van der Waals surface area contributed by atoms with Crippen molar-refractivity contribution < 1.29 is 23.1 Å². The number of aliphatic imine (C=N–C) groups is 1. The highest BCUT2D eigenvalue weighted by molar-refractivity contribution is 7.90. The molecule has 0 saturated carbocycles. The lowest BCUT2D eigenvalue weighted by Gasteiger charge is -2.16. The zero-order chi connectivity index (χ0) is 22.6. The lowest BCUT2D eigenvalue weighted by atomic mass is 10.1. The van der Waals surface area contributed by atoms with Crippen LogP contribution in [0.3, 0.4) is 0 Å². The molecule has 3 rings (SSSR count). The van der Waals surface area contributed by atoms with Crippen molar-refractivity contribution in [1.82, 2.24) is 14.5 Å². The van der Waals surface area contributed by atoms with Gasteiger partial charge in [0.05, 0.1) is 18.0 Å². The molecule has 3 aromatic rings. The Balaban J connectivity index is 2.10. The first-order chi connectivity index (χ1) is 14.7. The predicted molar refractivity (Wildman–Crippen MR) is 116 cm³/mol. The number of phenolic OH excluding ortho intramolecular Hbond substituents is 1. The Morgan fingerprint density at radius 2 is 2.03 bits per heavy atom. The molecule has 0 aliphatic carbocycles. The fourth-order valence-electron chi connectivity index (χ4n) is 3.01. The maximum Gasteiger partial charge on any atom is 0.266 e. The van der Waals surface area contributed by atoms with E-state index in [9.17, 15) is 18.3 Å². The first-order valence-electron chi connectivity index (χ1n) is 9.40. The van der Waals surface area contributed by atoms with Gasteiger partial charge in [0.15, 0.2) is 0 Å². The van der Waals surface area contributed by atoms with Crippen LogP contribution in [-0.2, 0) is 14.8 Å². The van der Waals surface area contributed by atoms with Crippen molar-refractivity contribution >= 4 is 27.8 Å². The smallest absolute Gasteiger partial charge is 0.266 e. The molecule has 31 heavy (non-hydrogen) atoms. The Bertz CT molecular complexity index is 1220. The van der Waals surface area contributed by atoms with E-state index >= 15 is 0 Å². The number of hydrogen-bond acceptors (Lipinski definition) is 7.